The molecule has 120 valence electrons. The lowest BCUT2D eigenvalue weighted by atomic mass is 9.89. The van der Waals surface area contributed by atoms with Gasteiger partial charge >= 0.3 is 5.97 Å². The summed E-state index contributed by atoms with van der Waals surface area (Å²) < 4.78 is 0. The summed E-state index contributed by atoms with van der Waals surface area (Å²) in [5, 5.41) is 9.13. The predicted octanol–water partition coefficient (Wildman–Crippen LogP) is 3.14. The minimum atomic E-state index is -0.859. The van der Waals surface area contributed by atoms with Crippen LogP contribution in [0.1, 0.15) is 44.6 Å². The quantitative estimate of drug-likeness (QED) is 0.909. The van der Waals surface area contributed by atoms with E-state index >= 15 is 0 Å². The first kappa shape index (κ1) is 16.5. The van der Waals surface area contributed by atoms with Gasteiger partial charge in [0.15, 0.2) is 0 Å². The van der Waals surface area contributed by atoms with Crippen LogP contribution in [-0.4, -0.2) is 35.0 Å². The normalized spacial score (nSPS) is 23.1. The fraction of sp³-hybridized carbons (Fsp3) is 0.556. The Morgan fingerprint density at radius 3 is 2.27 bits per heavy atom. The number of carbonyl (C=O) groups excluding carboxylic acids is 1. The summed E-state index contributed by atoms with van der Waals surface area (Å²) in [7, 11) is 0. The molecule has 22 heavy (non-hydrogen) atoms. The van der Waals surface area contributed by atoms with E-state index < -0.39 is 5.97 Å². The number of amides is 1. The van der Waals surface area contributed by atoms with Gasteiger partial charge in [-0.2, -0.15) is 0 Å². The summed E-state index contributed by atoms with van der Waals surface area (Å²) in [5.41, 5.74) is 0.927. The van der Waals surface area contributed by atoms with Gasteiger partial charge in [0.1, 0.15) is 0 Å². The van der Waals surface area contributed by atoms with E-state index in [0.29, 0.717) is 11.8 Å². The third-order valence-electron chi connectivity index (χ3n) is 4.33. The number of carboxylic acids is 1. The molecule has 3 unspecified atom stereocenters. The predicted molar refractivity (Wildman–Crippen MR) is 85.6 cm³/mol. The molecule has 0 aliphatic carbocycles. The zero-order valence-electron chi connectivity index (χ0n) is 13.4. The van der Waals surface area contributed by atoms with Gasteiger partial charge in [0.2, 0.25) is 5.91 Å². The largest absolute Gasteiger partial charge is 0.481 e. The summed E-state index contributed by atoms with van der Waals surface area (Å²) in [6.45, 7) is 5.92. The van der Waals surface area contributed by atoms with Crippen LogP contribution in [0.3, 0.4) is 0 Å². The van der Waals surface area contributed by atoms with Gasteiger partial charge in [-0.05, 0) is 23.8 Å². The van der Waals surface area contributed by atoms with Crippen molar-refractivity contribution < 1.29 is 14.7 Å². The molecular formula is C18H25NO3. The topological polar surface area (TPSA) is 57.6 Å². The van der Waals surface area contributed by atoms with Crippen molar-refractivity contribution in [3.8, 4) is 0 Å². The van der Waals surface area contributed by atoms with Gasteiger partial charge in [0.05, 0.1) is 6.42 Å². The summed E-state index contributed by atoms with van der Waals surface area (Å²) >= 11 is 0. The van der Waals surface area contributed by atoms with E-state index in [9.17, 15) is 9.59 Å². The highest BCUT2D eigenvalue weighted by Gasteiger charge is 2.28. The highest BCUT2D eigenvalue weighted by Crippen LogP contribution is 2.27. The standard InChI is InChI=1S/C18H25NO3/c1-13-8-14(2)12-19(11-13)17(20)9-16(10-18(21)22)15-6-4-3-5-7-15/h3-7,13-14,16H,8-12H2,1-2H3,(H,21,22). The van der Waals surface area contributed by atoms with Crippen molar-refractivity contribution in [1.29, 1.82) is 0 Å². The second-order valence-corrected chi connectivity index (χ2v) is 6.65. The molecule has 1 fully saturated rings. The van der Waals surface area contributed by atoms with Gasteiger partial charge < -0.3 is 10.0 Å². The number of nitrogens with zero attached hydrogens (tertiary/aromatic N) is 1. The molecule has 0 spiro atoms. The molecule has 3 atom stereocenters. The van der Waals surface area contributed by atoms with Crippen LogP contribution in [0.5, 0.6) is 0 Å². The molecule has 4 heteroatoms. The molecule has 1 amide bonds. The molecule has 0 bridgehead atoms. The molecule has 4 nitrogen and oxygen atoms in total. The van der Waals surface area contributed by atoms with Crippen LogP contribution in [0.2, 0.25) is 0 Å². The zero-order valence-corrected chi connectivity index (χ0v) is 13.4. The molecule has 1 aromatic carbocycles. The van der Waals surface area contributed by atoms with E-state index in [-0.39, 0.29) is 24.7 Å². The molecule has 0 saturated carbocycles. The smallest absolute Gasteiger partial charge is 0.303 e. The number of benzene rings is 1. The first-order valence-electron chi connectivity index (χ1n) is 8.00. The Balaban J connectivity index is 2.06. The molecule has 1 saturated heterocycles. The van der Waals surface area contributed by atoms with Crippen LogP contribution < -0.4 is 0 Å². The van der Waals surface area contributed by atoms with E-state index in [0.717, 1.165) is 25.1 Å². The van der Waals surface area contributed by atoms with Crippen molar-refractivity contribution in [2.24, 2.45) is 11.8 Å². The third kappa shape index (κ3) is 4.58. The van der Waals surface area contributed by atoms with Crippen LogP contribution in [0.15, 0.2) is 30.3 Å². The van der Waals surface area contributed by atoms with Gasteiger partial charge in [-0.15, -0.1) is 0 Å². The van der Waals surface area contributed by atoms with Crippen molar-refractivity contribution in [2.75, 3.05) is 13.1 Å². The van der Waals surface area contributed by atoms with Crippen LogP contribution in [0, 0.1) is 11.8 Å². The summed E-state index contributed by atoms with van der Waals surface area (Å²) in [5.74, 6) is -0.000951. The van der Waals surface area contributed by atoms with Crippen LogP contribution in [-0.2, 0) is 9.59 Å². The van der Waals surface area contributed by atoms with E-state index in [1.807, 2.05) is 35.2 Å². The monoisotopic (exact) mass is 303 g/mol. The lowest BCUT2D eigenvalue weighted by molar-refractivity contribution is -0.138. The lowest BCUT2D eigenvalue weighted by Crippen LogP contribution is -2.43. The van der Waals surface area contributed by atoms with Gasteiger partial charge in [0, 0.05) is 25.4 Å². The first-order valence-corrected chi connectivity index (χ1v) is 8.00. The molecule has 1 heterocycles. The molecular weight excluding hydrogens is 278 g/mol. The number of rotatable bonds is 5. The maximum absolute atomic E-state index is 12.6. The Bertz CT molecular complexity index is 504. The Labute approximate surface area is 132 Å². The Morgan fingerprint density at radius 2 is 1.73 bits per heavy atom. The van der Waals surface area contributed by atoms with Gasteiger partial charge in [-0.25, -0.2) is 0 Å². The molecule has 1 aliphatic rings. The fourth-order valence-corrected chi connectivity index (χ4v) is 3.45. The number of aliphatic carboxylic acids is 1. The maximum atomic E-state index is 12.6. The molecule has 2 rings (SSSR count). The SMILES string of the molecule is CC1CC(C)CN(C(=O)CC(CC(=O)O)c2ccccc2)C1. The highest BCUT2D eigenvalue weighted by molar-refractivity contribution is 5.78. The van der Waals surface area contributed by atoms with Gasteiger partial charge in [-0.1, -0.05) is 44.2 Å². The van der Waals surface area contributed by atoms with E-state index in [2.05, 4.69) is 13.8 Å². The second kappa shape index (κ2) is 7.43. The lowest BCUT2D eigenvalue weighted by Gasteiger charge is -2.35. The fourth-order valence-electron chi connectivity index (χ4n) is 3.45. The maximum Gasteiger partial charge on any atom is 0.303 e. The number of piperidine rings is 1. The van der Waals surface area contributed by atoms with Crippen LogP contribution in [0.4, 0.5) is 0 Å². The van der Waals surface area contributed by atoms with E-state index in [1.54, 1.807) is 0 Å². The van der Waals surface area contributed by atoms with Crippen molar-refractivity contribution in [3.05, 3.63) is 35.9 Å². The first-order chi connectivity index (χ1) is 10.5. The number of carbonyl (C=O) groups is 2. The summed E-state index contributed by atoms with van der Waals surface area (Å²) in [6, 6.07) is 9.49. The number of hydrogen-bond acceptors (Lipinski definition) is 2. The molecule has 1 aromatic rings. The Morgan fingerprint density at radius 1 is 1.14 bits per heavy atom. The zero-order chi connectivity index (χ0) is 16.1. The summed E-state index contributed by atoms with van der Waals surface area (Å²) in [4.78, 5) is 25.6. The molecule has 1 aliphatic heterocycles. The highest BCUT2D eigenvalue weighted by atomic mass is 16.4. The Hall–Kier alpha value is -1.84. The van der Waals surface area contributed by atoms with Crippen LogP contribution >= 0.6 is 0 Å². The number of hydrogen-bond donors (Lipinski definition) is 1. The Kier molecular flexibility index (Phi) is 5.58. The third-order valence-corrected chi connectivity index (χ3v) is 4.33. The van der Waals surface area contributed by atoms with Crippen molar-refractivity contribution in [1.82, 2.24) is 4.90 Å². The van der Waals surface area contributed by atoms with Gasteiger partial charge in [0.25, 0.3) is 0 Å². The minimum Gasteiger partial charge on any atom is -0.481 e. The average molecular weight is 303 g/mol. The summed E-state index contributed by atoms with van der Waals surface area (Å²) in [6.07, 6.45) is 1.42. The van der Waals surface area contributed by atoms with Crippen molar-refractivity contribution in [3.63, 3.8) is 0 Å². The van der Waals surface area contributed by atoms with Crippen LogP contribution in [0.25, 0.3) is 0 Å². The number of likely N-dealkylation sites (tertiary alicyclic amines) is 1. The van der Waals surface area contributed by atoms with Crippen molar-refractivity contribution >= 4 is 11.9 Å². The van der Waals surface area contributed by atoms with Gasteiger partial charge in [-0.3, -0.25) is 9.59 Å². The average Bonchev–Trinajstić information content (AvgIpc) is 2.46. The van der Waals surface area contributed by atoms with E-state index in [4.69, 9.17) is 5.11 Å². The second-order valence-electron chi connectivity index (χ2n) is 6.65. The molecule has 0 aromatic heterocycles. The van der Waals surface area contributed by atoms with Crippen molar-refractivity contribution in [2.45, 2.75) is 39.0 Å². The minimum absolute atomic E-state index is 0.00526. The number of carboxylic acid groups (broad SMARTS) is 1. The molecule has 1 N–H and O–H groups in total. The molecule has 0 radical (unpaired) electrons. The van der Waals surface area contributed by atoms with E-state index in [1.165, 1.54) is 0 Å².